The van der Waals surface area contributed by atoms with E-state index >= 15 is 0 Å². The average molecular weight is 240 g/mol. The molecule has 1 unspecified atom stereocenters. The van der Waals surface area contributed by atoms with Crippen molar-refractivity contribution in [3.63, 3.8) is 0 Å². The lowest BCUT2D eigenvalue weighted by Crippen LogP contribution is -2.47. The lowest BCUT2D eigenvalue weighted by atomic mass is 9.75. The van der Waals surface area contributed by atoms with Gasteiger partial charge in [0.15, 0.2) is 0 Å². The maximum absolute atomic E-state index is 11.9. The quantitative estimate of drug-likeness (QED) is 0.793. The number of rotatable bonds is 4. The molecule has 0 radical (unpaired) electrons. The molecule has 1 aliphatic carbocycles. The fourth-order valence-electron chi connectivity index (χ4n) is 2.47. The van der Waals surface area contributed by atoms with Crippen LogP contribution in [0.2, 0.25) is 0 Å². The molecule has 1 rings (SSSR count). The first-order valence-electron chi connectivity index (χ1n) is 6.86. The van der Waals surface area contributed by atoms with Gasteiger partial charge >= 0.3 is 0 Å². The highest BCUT2D eigenvalue weighted by molar-refractivity contribution is 5.81. The van der Waals surface area contributed by atoms with Gasteiger partial charge in [0, 0.05) is 6.04 Å². The van der Waals surface area contributed by atoms with Crippen molar-refractivity contribution in [2.45, 2.75) is 71.9 Å². The zero-order valence-corrected chi connectivity index (χ0v) is 11.8. The first kappa shape index (κ1) is 14.5. The zero-order chi connectivity index (χ0) is 13.1. The number of carbonyl (C=O) groups is 1. The Balaban J connectivity index is 2.32. The molecule has 3 N–H and O–H groups in total. The second-order valence-corrected chi connectivity index (χ2v) is 6.68. The fourth-order valence-corrected chi connectivity index (χ4v) is 2.47. The van der Waals surface area contributed by atoms with Crippen molar-refractivity contribution in [3.05, 3.63) is 0 Å². The Hall–Kier alpha value is -0.570. The largest absolute Gasteiger partial charge is 0.352 e. The number of amides is 1. The van der Waals surface area contributed by atoms with Crippen LogP contribution in [0.5, 0.6) is 0 Å². The van der Waals surface area contributed by atoms with E-state index in [1.165, 1.54) is 12.8 Å². The molecule has 1 saturated carbocycles. The summed E-state index contributed by atoms with van der Waals surface area (Å²) in [5.74, 6) is 0.504. The van der Waals surface area contributed by atoms with Gasteiger partial charge in [-0.1, -0.05) is 27.7 Å². The molecule has 0 bridgehead atoms. The fraction of sp³-hybridized carbons (Fsp3) is 0.929. The maximum Gasteiger partial charge on any atom is 0.237 e. The second kappa shape index (κ2) is 5.85. The van der Waals surface area contributed by atoms with Crippen LogP contribution in [0.25, 0.3) is 0 Å². The monoisotopic (exact) mass is 240 g/mol. The van der Waals surface area contributed by atoms with E-state index in [2.05, 4.69) is 33.0 Å². The minimum absolute atomic E-state index is 0.0309. The normalized spacial score (nSPS) is 22.5. The smallest absolute Gasteiger partial charge is 0.237 e. The average Bonchev–Trinajstić information content (AvgIpc) is 2.20. The molecule has 1 aliphatic rings. The van der Waals surface area contributed by atoms with Gasteiger partial charge in [0.25, 0.3) is 0 Å². The van der Waals surface area contributed by atoms with Crippen LogP contribution in [0, 0.1) is 11.3 Å². The molecule has 0 aromatic heterocycles. The highest BCUT2D eigenvalue weighted by atomic mass is 16.2. The predicted molar refractivity (Wildman–Crippen MR) is 71.6 cm³/mol. The van der Waals surface area contributed by atoms with Gasteiger partial charge in [0.1, 0.15) is 0 Å². The summed E-state index contributed by atoms with van der Waals surface area (Å²) in [6, 6.07) is -0.00123. The van der Waals surface area contributed by atoms with Crippen LogP contribution in [-0.4, -0.2) is 18.0 Å². The Morgan fingerprint density at radius 1 is 1.35 bits per heavy atom. The minimum atomic E-state index is -0.343. The molecule has 0 saturated heterocycles. The van der Waals surface area contributed by atoms with Crippen molar-refractivity contribution < 1.29 is 4.79 Å². The maximum atomic E-state index is 11.9. The van der Waals surface area contributed by atoms with E-state index < -0.39 is 0 Å². The van der Waals surface area contributed by atoms with Crippen molar-refractivity contribution in [1.29, 1.82) is 0 Å². The van der Waals surface area contributed by atoms with Crippen molar-refractivity contribution in [2.24, 2.45) is 17.1 Å². The molecule has 17 heavy (non-hydrogen) atoms. The van der Waals surface area contributed by atoms with E-state index in [0.29, 0.717) is 17.4 Å². The summed E-state index contributed by atoms with van der Waals surface area (Å²) >= 11 is 0. The van der Waals surface area contributed by atoms with Gasteiger partial charge in [-0.2, -0.15) is 0 Å². The summed E-state index contributed by atoms with van der Waals surface area (Å²) < 4.78 is 0. The lowest BCUT2D eigenvalue weighted by Gasteiger charge is -2.35. The molecule has 1 atom stereocenters. The molecular weight excluding hydrogens is 212 g/mol. The van der Waals surface area contributed by atoms with Crippen LogP contribution in [0.1, 0.15) is 59.8 Å². The topological polar surface area (TPSA) is 55.1 Å². The van der Waals surface area contributed by atoms with Gasteiger partial charge in [-0.05, 0) is 43.4 Å². The Labute approximate surface area is 106 Å². The molecule has 0 spiro atoms. The third-order valence-corrected chi connectivity index (χ3v) is 3.75. The summed E-state index contributed by atoms with van der Waals surface area (Å²) in [5, 5.41) is 3.10. The van der Waals surface area contributed by atoms with Crippen LogP contribution in [0.15, 0.2) is 0 Å². The Bertz CT molecular complexity index is 251. The predicted octanol–water partition coefficient (Wildman–Crippen LogP) is 2.44. The van der Waals surface area contributed by atoms with Gasteiger partial charge in [-0.15, -0.1) is 0 Å². The van der Waals surface area contributed by atoms with Gasteiger partial charge in [-0.3, -0.25) is 4.79 Å². The van der Waals surface area contributed by atoms with Crippen molar-refractivity contribution in [3.8, 4) is 0 Å². The molecule has 1 amide bonds. The molecule has 3 heteroatoms. The SMILES string of the molecule is CC(C)CC(N)C(=O)NC1CCC(C)(C)CC1. The summed E-state index contributed by atoms with van der Waals surface area (Å²) in [7, 11) is 0. The molecule has 0 aromatic rings. The highest BCUT2D eigenvalue weighted by Crippen LogP contribution is 2.34. The third-order valence-electron chi connectivity index (χ3n) is 3.75. The molecule has 0 aromatic carbocycles. The molecular formula is C14H28N2O. The summed E-state index contributed by atoms with van der Waals surface area (Å²) in [5.41, 5.74) is 6.32. The number of nitrogens with one attached hydrogen (secondary N) is 1. The van der Waals surface area contributed by atoms with E-state index in [1.54, 1.807) is 0 Å². The van der Waals surface area contributed by atoms with Crippen LogP contribution in [0.3, 0.4) is 0 Å². The first-order chi connectivity index (χ1) is 7.80. The highest BCUT2D eigenvalue weighted by Gasteiger charge is 2.28. The summed E-state index contributed by atoms with van der Waals surface area (Å²) in [6.45, 7) is 8.79. The molecule has 3 nitrogen and oxygen atoms in total. The van der Waals surface area contributed by atoms with Gasteiger partial charge in [0.2, 0.25) is 5.91 Å². The van der Waals surface area contributed by atoms with Crippen LogP contribution < -0.4 is 11.1 Å². The number of carbonyl (C=O) groups excluding carboxylic acids is 1. The van der Waals surface area contributed by atoms with E-state index in [-0.39, 0.29) is 11.9 Å². The number of hydrogen-bond acceptors (Lipinski definition) is 2. The molecule has 0 aliphatic heterocycles. The summed E-state index contributed by atoms with van der Waals surface area (Å²) in [4.78, 5) is 11.9. The lowest BCUT2D eigenvalue weighted by molar-refractivity contribution is -0.123. The Kier molecular flexibility index (Phi) is 4.99. The van der Waals surface area contributed by atoms with Crippen LogP contribution >= 0.6 is 0 Å². The van der Waals surface area contributed by atoms with Gasteiger partial charge in [0.05, 0.1) is 6.04 Å². The van der Waals surface area contributed by atoms with Crippen molar-refractivity contribution in [2.75, 3.05) is 0 Å². The van der Waals surface area contributed by atoms with E-state index in [4.69, 9.17) is 5.73 Å². The Morgan fingerprint density at radius 3 is 2.35 bits per heavy atom. The van der Waals surface area contributed by atoms with Crippen molar-refractivity contribution >= 4 is 5.91 Å². The van der Waals surface area contributed by atoms with Crippen LogP contribution in [-0.2, 0) is 4.79 Å². The van der Waals surface area contributed by atoms with E-state index in [0.717, 1.165) is 19.3 Å². The van der Waals surface area contributed by atoms with Crippen LogP contribution in [0.4, 0.5) is 0 Å². The van der Waals surface area contributed by atoms with Crippen molar-refractivity contribution in [1.82, 2.24) is 5.32 Å². The van der Waals surface area contributed by atoms with E-state index in [1.807, 2.05) is 0 Å². The molecule has 0 heterocycles. The third kappa shape index (κ3) is 5.07. The first-order valence-corrected chi connectivity index (χ1v) is 6.86. The molecule has 100 valence electrons. The minimum Gasteiger partial charge on any atom is -0.352 e. The summed E-state index contributed by atoms with van der Waals surface area (Å²) in [6.07, 6.45) is 5.33. The second-order valence-electron chi connectivity index (χ2n) is 6.68. The van der Waals surface area contributed by atoms with Gasteiger partial charge < -0.3 is 11.1 Å². The number of nitrogens with two attached hydrogens (primary N) is 1. The standard InChI is InChI=1S/C14H28N2O/c1-10(2)9-12(15)13(17)16-11-5-7-14(3,4)8-6-11/h10-12H,5-9,15H2,1-4H3,(H,16,17). The molecule has 1 fully saturated rings. The van der Waals surface area contributed by atoms with Gasteiger partial charge in [-0.25, -0.2) is 0 Å². The number of hydrogen-bond donors (Lipinski definition) is 2. The zero-order valence-electron chi connectivity index (χ0n) is 11.8. The van der Waals surface area contributed by atoms with E-state index in [9.17, 15) is 4.79 Å². The Morgan fingerprint density at radius 2 is 1.88 bits per heavy atom.